The number of hydrogen-bond donors (Lipinski definition) is 0. The second kappa shape index (κ2) is 8.41. The Morgan fingerprint density at radius 3 is 2.29 bits per heavy atom. The molecule has 136 valence electrons. The highest BCUT2D eigenvalue weighted by Crippen LogP contribution is 2.21. The van der Waals surface area contributed by atoms with E-state index < -0.39 is 31.1 Å². The van der Waals surface area contributed by atoms with E-state index in [1.54, 1.807) is 13.8 Å². The number of halogens is 3. The predicted molar refractivity (Wildman–Crippen MR) is 83.5 cm³/mol. The largest absolute Gasteiger partial charge is 0.406 e. The first-order chi connectivity index (χ1) is 11.0. The average Bonchev–Trinajstić information content (AvgIpc) is 2.76. The van der Waals surface area contributed by atoms with Gasteiger partial charge in [0.15, 0.2) is 0 Å². The molecule has 0 saturated carbocycles. The monoisotopic (exact) mass is 367 g/mol. The summed E-state index contributed by atoms with van der Waals surface area (Å²) in [5.41, 5.74) is 1.50. The molecule has 0 aliphatic heterocycles. The molecule has 10 heteroatoms. The fourth-order valence-electron chi connectivity index (χ4n) is 1.79. The highest BCUT2D eigenvalue weighted by molar-refractivity contribution is 7.99. The molecular weight excluding hydrogens is 347 g/mol. The summed E-state index contributed by atoms with van der Waals surface area (Å²) in [6, 6.07) is 0. The smallest absolute Gasteiger partial charge is 0.361 e. The minimum absolute atomic E-state index is 0.166. The van der Waals surface area contributed by atoms with Crippen LogP contribution in [0.25, 0.3) is 0 Å². The molecule has 6 nitrogen and oxygen atoms in total. The molecule has 0 spiro atoms. The minimum Gasteiger partial charge on any atom is -0.361 e. The number of aryl methyl sites for hydroxylation is 2. The van der Waals surface area contributed by atoms with Gasteiger partial charge in [0.05, 0.1) is 11.4 Å². The Balaban J connectivity index is 2.65. The van der Waals surface area contributed by atoms with E-state index in [2.05, 4.69) is 5.16 Å². The number of alkyl halides is 3. The molecule has 0 aliphatic carbocycles. The van der Waals surface area contributed by atoms with Gasteiger partial charge < -0.3 is 14.3 Å². The van der Waals surface area contributed by atoms with E-state index in [4.69, 9.17) is 4.52 Å². The number of rotatable bonds is 7. The summed E-state index contributed by atoms with van der Waals surface area (Å²) in [5.74, 6) is -0.458. The Labute approximate surface area is 142 Å². The van der Waals surface area contributed by atoms with Crippen molar-refractivity contribution in [3.63, 3.8) is 0 Å². The molecule has 1 heterocycles. The third kappa shape index (κ3) is 6.42. The first-order valence-corrected chi connectivity index (χ1v) is 8.21. The molecule has 0 fully saturated rings. The molecule has 0 N–H and O–H groups in total. The van der Waals surface area contributed by atoms with Crippen molar-refractivity contribution in [2.24, 2.45) is 0 Å². The number of nitrogens with zero attached hydrogens (tertiary/aromatic N) is 3. The van der Waals surface area contributed by atoms with Gasteiger partial charge in [0, 0.05) is 25.4 Å². The standard InChI is InChI=1S/C14H20F3N3O3S/c1-9-11(10(2)23-18-9)6-24-7-13(22)20(8-14(15,16)17)5-12(21)19(3)4/h5-8H2,1-4H3. The molecule has 24 heavy (non-hydrogen) atoms. The zero-order valence-electron chi connectivity index (χ0n) is 13.9. The maximum absolute atomic E-state index is 12.6. The van der Waals surface area contributed by atoms with Crippen LogP contribution in [0.2, 0.25) is 0 Å². The molecule has 0 saturated heterocycles. The summed E-state index contributed by atoms with van der Waals surface area (Å²) >= 11 is 1.15. The van der Waals surface area contributed by atoms with E-state index in [0.717, 1.165) is 22.2 Å². The van der Waals surface area contributed by atoms with Crippen molar-refractivity contribution in [3.05, 3.63) is 17.0 Å². The van der Waals surface area contributed by atoms with Crippen molar-refractivity contribution < 1.29 is 27.3 Å². The Hall–Kier alpha value is -1.71. The Morgan fingerprint density at radius 2 is 1.83 bits per heavy atom. The lowest BCUT2D eigenvalue weighted by atomic mass is 10.2. The van der Waals surface area contributed by atoms with E-state index in [-0.39, 0.29) is 5.75 Å². The third-order valence-corrected chi connectivity index (χ3v) is 4.14. The SMILES string of the molecule is Cc1noc(C)c1CSCC(=O)N(CC(=O)N(C)C)CC(F)(F)F. The number of carbonyl (C=O) groups is 2. The van der Waals surface area contributed by atoms with Crippen LogP contribution in [-0.4, -0.2) is 65.9 Å². The molecule has 1 rings (SSSR count). The fourth-order valence-corrected chi connectivity index (χ4v) is 2.87. The molecule has 2 amide bonds. The van der Waals surface area contributed by atoms with Gasteiger partial charge in [0.1, 0.15) is 18.8 Å². The van der Waals surface area contributed by atoms with Crippen molar-refractivity contribution in [2.45, 2.75) is 25.8 Å². The maximum Gasteiger partial charge on any atom is 0.406 e. The van der Waals surface area contributed by atoms with Crippen LogP contribution >= 0.6 is 11.8 Å². The van der Waals surface area contributed by atoms with Crippen LogP contribution in [0.4, 0.5) is 13.2 Å². The molecule has 0 aromatic carbocycles. The normalized spacial score (nSPS) is 11.5. The van der Waals surface area contributed by atoms with E-state index >= 15 is 0 Å². The first-order valence-electron chi connectivity index (χ1n) is 7.05. The summed E-state index contributed by atoms with van der Waals surface area (Å²) in [7, 11) is 2.84. The lowest BCUT2D eigenvalue weighted by Gasteiger charge is -2.24. The van der Waals surface area contributed by atoms with E-state index in [9.17, 15) is 22.8 Å². The minimum atomic E-state index is -4.56. The van der Waals surface area contributed by atoms with Crippen molar-refractivity contribution in [1.29, 1.82) is 0 Å². The van der Waals surface area contributed by atoms with Crippen molar-refractivity contribution in [2.75, 3.05) is 32.9 Å². The van der Waals surface area contributed by atoms with Crippen LogP contribution in [0.15, 0.2) is 4.52 Å². The van der Waals surface area contributed by atoms with E-state index in [1.165, 1.54) is 14.1 Å². The molecule has 1 aromatic rings. The van der Waals surface area contributed by atoms with Crippen LogP contribution in [0, 0.1) is 13.8 Å². The fraction of sp³-hybridized carbons (Fsp3) is 0.643. The summed E-state index contributed by atoms with van der Waals surface area (Å²) in [5, 5.41) is 3.77. The Kier molecular flexibility index (Phi) is 7.12. The number of likely N-dealkylation sites (N-methyl/N-ethyl adjacent to an activating group) is 1. The van der Waals surface area contributed by atoms with Gasteiger partial charge in [-0.25, -0.2) is 0 Å². The van der Waals surface area contributed by atoms with E-state index in [0.29, 0.717) is 22.1 Å². The lowest BCUT2D eigenvalue weighted by molar-refractivity contribution is -0.162. The van der Waals surface area contributed by atoms with Gasteiger partial charge >= 0.3 is 6.18 Å². The van der Waals surface area contributed by atoms with Gasteiger partial charge in [-0.2, -0.15) is 13.2 Å². The van der Waals surface area contributed by atoms with Gasteiger partial charge in [0.25, 0.3) is 0 Å². The quantitative estimate of drug-likeness (QED) is 0.738. The number of carbonyl (C=O) groups excluding carboxylic acids is 2. The number of hydrogen-bond acceptors (Lipinski definition) is 5. The predicted octanol–water partition coefficient (Wildman–Crippen LogP) is 2.00. The number of thioether (sulfide) groups is 1. The van der Waals surface area contributed by atoms with Crippen LogP contribution < -0.4 is 0 Å². The van der Waals surface area contributed by atoms with Crippen LogP contribution in [0.1, 0.15) is 17.0 Å². The van der Waals surface area contributed by atoms with Crippen LogP contribution in [0.5, 0.6) is 0 Å². The first kappa shape index (κ1) is 20.3. The number of amides is 2. The van der Waals surface area contributed by atoms with Crippen molar-refractivity contribution in [1.82, 2.24) is 15.0 Å². The zero-order chi connectivity index (χ0) is 18.5. The average molecular weight is 367 g/mol. The topological polar surface area (TPSA) is 66.7 Å². The van der Waals surface area contributed by atoms with Crippen LogP contribution in [0.3, 0.4) is 0 Å². The number of aromatic nitrogens is 1. The molecule has 0 unspecified atom stereocenters. The van der Waals surface area contributed by atoms with Crippen LogP contribution in [-0.2, 0) is 15.3 Å². The highest BCUT2D eigenvalue weighted by Gasteiger charge is 2.34. The maximum atomic E-state index is 12.6. The Bertz CT molecular complexity index is 568. The molecule has 0 aliphatic rings. The third-order valence-electron chi connectivity index (χ3n) is 3.20. The molecule has 0 atom stereocenters. The van der Waals surface area contributed by atoms with E-state index in [1.807, 2.05) is 0 Å². The molecular formula is C14H20F3N3O3S. The van der Waals surface area contributed by atoms with Crippen molar-refractivity contribution >= 4 is 23.6 Å². The van der Waals surface area contributed by atoms with Gasteiger partial charge in [0.2, 0.25) is 11.8 Å². The summed E-state index contributed by atoms with van der Waals surface area (Å²) < 4.78 is 42.9. The summed E-state index contributed by atoms with van der Waals surface area (Å²) in [6.07, 6.45) is -4.56. The second-order valence-corrected chi connectivity index (χ2v) is 6.43. The van der Waals surface area contributed by atoms with Gasteiger partial charge in [-0.15, -0.1) is 11.8 Å². The Morgan fingerprint density at radius 1 is 1.21 bits per heavy atom. The highest BCUT2D eigenvalue weighted by atomic mass is 32.2. The summed E-state index contributed by atoms with van der Waals surface area (Å²) in [6.45, 7) is 1.43. The van der Waals surface area contributed by atoms with Gasteiger partial charge in [-0.3, -0.25) is 9.59 Å². The zero-order valence-corrected chi connectivity index (χ0v) is 14.8. The summed E-state index contributed by atoms with van der Waals surface area (Å²) in [4.78, 5) is 25.4. The van der Waals surface area contributed by atoms with Gasteiger partial charge in [-0.1, -0.05) is 5.16 Å². The molecule has 0 bridgehead atoms. The molecule has 1 aromatic heterocycles. The van der Waals surface area contributed by atoms with Gasteiger partial charge in [-0.05, 0) is 13.8 Å². The second-order valence-electron chi connectivity index (χ2n) is 5.45. The lowest BCUT2D eigenvalue weighted by Crippen LogP contribution is -2.45. The molecule has 0 radical (unpaired) electrons. The van der Waals surface area contributed by atoms with Crippen molar-refractivity contribution in [3.8, 4) is 0 Å².